The molecule has 0 saturated heterocycles. The number of sulfone groups is 1. The van der Waals surface area contributed by atoms with Crippen LogP contribution in [-0.2, 0) is 20.8 Å². The highest BCUT2D eigenvalue weighted by Crippen LogP contribution is 2.40. The van der Waals surface area contributed by atoms with Gasteiger partial charge in [-0.05, 0) is 55.4 Å². The number of nitriles is 1. The number of hydrogen-bond donors (Lipinski definition) is 2. The van der Waals surface area contributed by atoms with Crippen molar-refractivity contribution in [1.82, 2.24) is 5.32 Å². The maximum absolute atomic E-state index is 13.6. The highest BCUT2D eigenvalue weighted by Gasteiger charge is 2.45. The predicted molar refractivity (Wildman–Crippen MR) is 121 cm³/mol. The standard InChI is InChI=1S/C19H19F3O3S.C5H6N2O2/c1-25-15-8-9-16(12-15)26(23,24)18-10-7-14(11-17(18)19(20,21)22)13-5-3-2-4-6-13;6-3-5(1-2-5)7-4(8)9/h2-7,10-11,15-16H,8-9,12H2,1H3;7H,1-2H2,(H,8,9)/t15-,16-;/m1./s1. The molecule has 188 valence electrons. The number of hydrogen-bond acceptors (Lipinski definition) is 5. The van der Waals surface area contributed by atoms with Gasteiger partial charge >= 0.3 is 12.3 Å². The van der Waals surface area contributed by atoms with E-state index in [1.807, 2.05) is 6.07 Å². The fraction of sp³-hybridized carbons (Fsp3) is 0.417. The van der Waals surface area contributed by atoms with Crippen molar-refractivity contribution in [2.24, 2.45) is 0 Å². The number of carboxylic acid groups (broad SMARTS) is 1. The lowest BCUT2D eigenvalue weighted by Crippen LogP contribution is -2.33. The number of rotatable bonds is 5. The van der Waals surface area contributed by atoms with E-state index < -0.39 is 43.4 Å². The third kappa shape index (κ3) is 6.32. The van der Waals surface area contributed by atoms with Gasteiger partial charge in [-0.15, -0.1) is 0 Å². The lowest BCUT2D eigenvalue weighted by atomic mass is 10.0. The van der Waals surface area contributed by atoms with E-state index in [2.05, 4.69) is 5.32 Å². The molecular weight excluding hydrogens is 485 g/mol. The Morgan fingerprint density at radius 1 is 1.14 bits per heavy atom. The first-order valence-electron chi connectivity index (χ1n) is 10.9. The zero-order chi connectivity index (χ0) is 25.9. The van der Waals surface area contributed by atoms with Crippen molar-refractivity contribution in [2.45, 2.75) is 60.1 Å². The summed E-state index contributed by atoms with van der Waals surface area (Å²) in [5.74, 6) is 0. The molecule has 4 rings (SSSR count). The largest absolute Gasteiger partial charge is 0.465 e. The van der Waals surface area contributed by atoms with Gasteiger partial charge < -0.3 is 15.2 Å². The van der Waals surface area contributed by atoms with Gasteiger partial charge in [0.25, 0.3) is 0 Å². The third-order valence-corrected chi connectivity index (χ3v) is 8.39. The number of ether oxygens (including phenoxy) is 1. The van der Waals surface area contributed by atoms with Crippen LogP contribution in [0, 0.1) is 11.3 Å². The number of methoxy groups -OCH3 is 1. The maximum atomic E-state index is 13.6. The molecule has 2 aliphatic rings. The summed E-state index contributed by atoms with van der Waals surface area (Å²) in [7, 11) is -2.61. The van der Waals surface area contributed by atoms with Gasteiger partial charge in [-0.1, -0.05) is 36.4 Å². The van der Waals surface area contributed by atoms with E-state index in [4.69, 9.17) is 15.1 Å². The Balaban J connectivity index is 0.000000320. The normalized spacial score (nSPS) is 20.8. The Morgan fingerprint density at radius 2 is 1.80 bits per heavy atom. The molecule has 2 aromatic carbocycles. The quantitative estimate of drug-likeness (QED) is 0.583. The van der Waals surface area contributed by atoms with Crippen LogP contribution in [0.25, 0.3) is 11.1 Å². The van der Waals surface area contributed by atoms with Crippen molar-refractivity contribution >= 4 is 15.9 Å². The summed E-state index contributed by atoms with van der Waals surface area (Å²) in [6, 6.07) is 13.9. The number of nitrogens with one attached hydrogen (secondary N) is 1. The fourth-order valence-corrected chi connectivity index (χ4v) is 5.99. The van der Waals surface area contributed by atoms with E-state index >= 15 is 0 Å². The van der Waals surface area contributed by atoms with Gasteiger partial charge in [-0.2, -0.15) is 18.4 Å². The molecule has 0 unspecified atom stereocenters. The molecule has 2 saturated carbocycles. The van der Waals surface area contributed by atoms with Gasteiger partial charge in [-0.25, -0.2) is 13.2 Å². The van der Waals surface area contributed by atoms with Crippen LogP contribution in [0.5, 0.6) is 0 Å². The molecule has 35 heavy (non-hydrogen) atoms. The van der Waals surface area contributed by atoms with Gasteiger partial charge in [0.15, 0.2) is 9.84 Å². The maximum Gasteiger partial charge on any atom is 0.417 e. The summed E-state index contributed by atoms with van der Waals surface area (Å²) >= 11 is 0. The van der Waals surface area contributed by atoms with Gasteiger partial charge in [0.05, 0.1) is 27.9 Å². The van der Waals surface area contributed by atoms with Crippen LogP contribution < -0.4 is 5.32 Å². The zero-order valence-electron chi connectivity index (χ0n) is 18.9. The van der Waals surface area contributed by atoms with Crippen molar-refractivity contribution in [3.63, 3.8) is 0 Å². The van der Waals surface area contributed by atoms with E-state index in [1.54, 1.807) is 30.3 Å². The van der Waals surface area contributed by atoms with Gasteiger partial charge in [0.2, 0.25) is 0 Å². The summed E-state index contributed by atoms with van der Waals surface area (Å²) in [6.07, 6.45) is -3.75. The summed E-state index contributed by atoms with van der Waals surface area (Å²) in [5.41, 5.74) is -0.911. The first-order chi connectivity index (χ1) is 16.4. The van der Waals surface area contributed by atoms with Crippen LogP contribution >= 0.6 is 0 Å². The lowest BCUT2D eigenvalue weighted by Gasteiger charge is -2.18. The second-order valence-electron chi connectivity index (χ2n) is 8.54. The third-order valence-electron chi connectivity index (χ3n) is 6.12. The van der Waals surface area contributed by atoms with E-state index in [0.29, 0.717) is 36.8 Å². The number of benzene rings is 2. The van der Waals surface area contributed by atoms with Gasteiger partial charge in [0.1, 0.15) is 5.54 Å². The van der Waals surface area contributed by atoms with Crippen LogP contribution in [0.15, 0.2) is 53.4 Å². The molecule has 2 atom stereocenters. The minimum Gasteiger partial charge on any atom is -0.465 e. The van der Waals surface area contributed by atoms with Gasteiger partial charge in [0, 0.05) is 7.11 Å². The average molecular weight is 511 g/mol. The van der Waals surface area contributed by atoms with Crippen molar-refractivity contribution in [3.8, 4) is 17.2 Å². The predicted octanol–water partition coefficient (Wildman–Crippen LogP) is 5.02. The van der Waals surface area contributed by atoms with Crippen molar-refractivity contribution < 1.29 is 36.2 Å². The molecule has 0 radical (unpaired) electrons. The summed E-state index contributed by atoms with van der Waals surface area (Å²) in [5, 5.41) is 17.8. The molecule has 0 spiro atoms. The summed E-state index contributed by atoms with van der Waals surface area (Å²) in [4.78, 5) is 9.30. The number of nitrogens with zero attached hydrogens (tertiary/aromatic N) is 1. The monoisotopic (exact) mass is 510 g/mol. The number of amides is 1. The number of carbonyl (C=O) groups is 1. The van der Waals surface area contributed by atoms with Crippen LogP contribution in [0.1, 0.15) is 37.7 Å². The first-order valence-corrected chi connectivity index (χ1v) is 12.4. The minimum absolute atomic E-state index is 0.219. The molecule has 0 aliphatic heterocycles. The molecular formula is C24H25F3N2O5S. The number of alkyl halides is 3. The van der Waals surface area contributed by atoms with Gasteiger partial charge in [-0.3, -0.25) is 0 Å². The molecule has 11 heteroatoms. The molecule has 0 heterocycles. The Kier molecular flexibility index (Phi) is 7.77. The Hall–Kier alpha value is -3.10. The number of halogens is 3. The van der Waals surface area contributed by atoms with Crippen LogP contribution in [-0.4, -0.2) is 43.6 Å². The van der Waals surface area contributed by atoms with Crippen LogP contribution in [0.2, 0.25) is 0 Å². The molecule has 2 aromatic rings. The SMILES string of the molecule is CO[C@@H]1CC[C@@H](S(=O)(=O)c2ccc(-c3ccccc3)cc2C(F)(F)F)C1.N#CC1(NC(=O)O)CC1. The fourth-order valence-electron chi connectivity index (χ4n) is 3.98. The molecule has 1 amide bonds. The van der Waals surface area contributed by atoms with E-state index in [9.17, 15) is 26.4 Å². The van der Waals surface area contributed by atoms with E-state index in [0.717, 1.165) is 12.1 Å². The average Bonchev–Trinajstić information content (AvgIpc) is 3.40. The minimum atomic E-state index is -4.76. The molecule has 0 bridgehead atoms. The lowest BCUT2D eigenvalue weighted by molar-refractivity contribution is -0.139. The second-order valence-corrected chi connectivity index (χ2v) is 10.7. The van der Waals surface area contributed by atoms with Crippen LogP contribution in [0.3, 0.4) is 0 Å². The smallest absolute Gasteiger partial charge is 0.417 e. The van der Waals surface area contributed by atoms with Crippen molar-refractivity contribution in [2.75, 3.05) is 7.11 Å². The van der Waals surface area contributed by atoms with Crippen molar-refractivity contribution in [3.05, 3.63) is 54.1 Å². The van der Waals surface area contributed by atoms with Crippen LogP contribution in [0.4, 0.5) is 18.0 Å². The Bertz CT molecular complexity index is 1210. The van der Waals surface area contributed by atoms with Crippen molar-refractivity contribution in [1.29, 1.82) is 5.26 Å². The Morgan fingerprint density at radius 3 is 2.26 bits per heavy atom. The molecule has 0 aromatic heterocycles. The topological polar surface area (TPSA) is 116 Å². The molecule has 2 N–H and O–H groups in total. The molecule has 2 aliphatic carbocycles. The van der Waals surface area contributed by atoms with E-state index in [-0.39, 0.29) is 12.5 Å². The highest BCUT2D eigenvalue weighted by molar-refractivity contribution is 7.92. The summed E-state index contributed by atoms with van der Waals surface area (Å²) < 4.78 is 71.7. The molecule has 2 fully saturated rings. The highest BCUT2D eigenvalue weighted by atomic mass is 32.2. The first kappa shape index (κ1) is 26.5. The summed E-state index contributed by atoms with van der Waals surface area (Å²) in [6.45, 7) is 0. The second kappa shape index (κ2) is 10.3. The van der Waals surface area contributed by atoms with E-state index in [1.165, 1.54) is 13.2 Å². The zero-order valence-corrected chi connectivity index (χ0v) is 19.7. The molecule has 7 nitrogen and oxygen atoms in total. The Labute approximate surface area is 201 Å².